The largest absolute Gasteiger partial charge is 0.497 e. The number of aromatic carboxylic acids is 1. The van der Waals surface area contributed by atoms with E-state index in [1.54, 1.807) is 25.1 Å². The van der Waals surface area contributed by atoms with E-state index in [-0.39, 0.29) is 35.9 Å². The quantitative estimate of drug-likeness (QED) is 0.495. The summed E-state index contributed by atoms with van der Waals surface area (Å²) in [6.45, 7) is 1.65. The number of pyridine rings is 1. The molecule has 3 N–H and O–H groups in total. The van der Waals surface area contributed by atoms with Gasteiger partial charge in [0.25, 0.3) is 11.8 Å². The molecular formula is C22H18N4O7. The molecule has 168 valence electrons. The predicted molar refractivity (Wildman–Crippen MR) is 112 cm³/mol. The van der Waals surface area contributed by atoms with Crippen LogP contribution in [-0.4, -0.2) is 52.5 Å². The molecule has 1 unspecified atom stereocenters. The van der Waals surface area contributed by atoms with Gasteiger partial charge >= 0.3 is 12.0 Å². The topological polar surface area (TPSA) is 151 Å². The van der Waals surface area contributed by atoms with Crippen LogP contribution in [0.25, 0.3) is 11.0 Å². The highest BCUT2D eigenvalue weighted by atomic mass is 16.5. The number of furan rings is 1. The molecule has 33 heavy (non-hydrogen) atoms. The van der Waals surface area contributed by atoms with Gasteiger partial charge in [0, 0.05) is 29.4 Å². The number of fused-ring (bicyclic) bond motifs is 2. The standard InChI is InChI=1S/C22H18N4O7/c1-10-13-6-16(33-17(13)15(7-23-10)19(28)29)22(20(30)24-21(31)25-22)9-26-8-11-3-4-12(32-2)5-14(11)18(26)27/h3-7H,8-9H2,1-2H3,(H,28,29)(H2,24,25,30,31). The molecule has 1 fully saturated rings. The Balaban J connectivity index is 1.60. The van der Waals surface area contributed by atoms with Gasteiger partial charge in [-0.25, -0.2) is 9.59 Å². The summed E-state index contributed by atoms with van der Waals surface area (Å²) in [5.41, 5.74) is -0.232. The number of rotatable bonds is 5. The first-order valence-electron chi connectivity index (χ1n) is 9.96. The first-order chi connectivity index (χ1) is 15.7. The van der Waals surface area contributed by atoms with Crippen molar-refractivity contribution in [2.75, 3.05) is 13.7 Å². The van der Waals surface area contributed by atoms with Crippen molar-refractivity contribution in [2.45, 2.75) is 19.0 Å². The summed E-state index contributed by atoms with van der Waals surface area (Å²) in [5.74, 6) is -1.78. The number of nitrogens with one attached hydrogen (secondary N) is 2. The number of methoxy groups -OCH3 is 1. The summed E-state index contributed by atoms with van der Waals surface area (Å²) in [5, 5.41) is 14.7. The van der Waals surface area contributed by atoms with Crippen LogP contribution in [0.4, 0.5) is 4.79 Å². The lowest BCUT2D eigenvalue weighted by Crippen LogP contribution is -2.52. The van der Waals surface area contributed by atoms with Gasteiger partial charge in [-0.3, -0.25) is 19.9 Å². The molecule has 1 atom stereocenters. The van der Waals surface area contributed by atoms with Crippen LogP contribution in [-0.2, 0) is 16.9 Å². The smallest absolute Gasteiger partial charge is 0.341 e. The zero-order valence-corrected chi connectivity index (χ0v) is 17.6. The van der Waals surface area contributed by atoms with E-state index in [0.717, 1.165) is 5.56 Å². The molecule has 4 heterocycles. The highest BCUT2D eigenvalue weighted by Gasteiger charge is 2.53. The lowest BCUT2D eigenvalue weighted by Gasteiger charge is -2.29. The Labute approximate surface area is 186 Å². The van der Waals surface area contributed by atoms with Gasteiger partial charge in [-0.15, -0.1) is 0 Å². The fourth-order valence-corrected chi connectivity index (χ4v) is 4.25. The van der Waals surface area contributed by atoms with E-state index in [1.807, 2.05) is 0 Å². The minimum Gasteiger partial charge on any atom is -0.497 e. The number of nitrogens with zero attached hydrogens (tertiary/aromatic N) is 2. The molecule has 2 aliphatic rings. The second-order valence-electron chi connectivity index (χ2n) is 7.91. The molecule has 0 bridgehead atoms. The lowest BCUT2D eigenvalue weighted by atomic mass is 9.95. The zero-order chi connectivity index (χ0) is 23.5. The van der Waals surface area contributed by atoms with Gasteiger partial charge in [-0.05, 0) is 30.7 Å². The number of benzene rings is 1. The fourth-order valence-electron chi connectivity index (χ4n) is 4.25. The monoisotopic (exact) mass is 450 g/mol. The molecule has 3 aromatic rings. The third kappa shape index (κ3) is 3.00. The van der Waals surface area contributed by atoms with Crippen LogP contribution in [0.5, 0.6) is 5.75 Å². The summed E-state index contributed by atoms with van der Waals surface area (Å²) in [6, 6.07) is 5.85. The van der Waals surface area contributed by atoms with Crippen molar-refractivity contribution in [1.29, 1.82) is 0 Å². The molecule has 0 saturated carbocycles. The number of aromatic nitrogens is 1. The number of ether oxygens (including phenoxy) is 1. The second-order valence-corrected chi connectivity index (χ2v) is 7.91. The summed E-state index contributed by atoms with van der Waals surface area (Å²) in [4.78, 5) is 55.4. The van der Waals surface area contributed by atoms with Gasteiger partial charge in [-0.2, -0.15) is 0 Å². The Morgan fingerprint density at radius 2 is 2.09 bits per heavy atom. The first kappa shape index (κ1) is 20.5. The number of carbonyl (C=O) groups is 4. The molecule has 0 radical (unpaired) electrons. The number of hydrogen-bond donors (Lipinski definition) is 3. The molecule has 5 rings (SSSR count). The highest BCUT2D eigenvalue weighted by molar-refractivity contribution is 6.09. The Bertz CT molecular complexity index is 1380. The van der Waals surface area contributed by atoms with Crippen molar-refractivity contribution in [3.8, 4) is 5.75 Å². The Hall–Kier alpha value is -4.41. The molecule has 11 heteroatoms. The van der Waals surface area contributed by atoms with Crippen LogP contribution >= 0.6 is 0 Å². The average Bonchev–Trinajstić information content (AvgIpc) is 3.43. The summed E-state index contributed by atoms with van der Waals surface area (Å²) >= 11 is 0. The van der Waals surface area contributed by atoms with Crippen LogP contribution in [0.15, 0.2) is 34.9 Å². The van der Waals surface area contributed by atoms with Crippen LogP contribution < -0.4 is 15.4 Å². The predicted octanol–water partition coefficient (Wildman–Crippen LogP) is 1.53. The summed E-state index contributed by atoms with van der Waals surface area (Å²) in [6.07, 6.45) is 1.17. The normalized spacial score (nSPS) is 19.6. The van der Waals surface area contributed by atoms with Gasteiger partial charge < -0.3 is 24.5 Å². The van der Waals surface area contributed by atoms with Crippen molar-refractivity contribution in [3.63, 3.8) is 0 Å². The summed E-state index contributed by atoms with van der Waals surface area (Å²) < 4.78 is 11.0. The van der Waals surface area contributed by atoms with E-state index in [1.165, 1.54) is 24.3 Å². The van der Waals surface area contributed by atoms with Crippen LogP contribution in [0.1, 0.15) is 37.7 Å². The highest BCUT2D eigenvalue weighted by Crippen LogP contribution is 2.36. The fraction of sp³-hybridized carbons (Fsp3) is 0.227. The molecule has 1 aromatic carbocycles. The number of urea groups is 1. The zero-order valence-electron chi connectivity index (χ0n) is 17.6. The molecule has 0 spiro atoms. The third-order valence-electron chi connectivity index (χ3n) is 5.97. The minimum absolute atomic E-state index is 0.000728. The third-order valence-corrected chi connectivity index (χ3v) is 5.97. The van der Waals surface area contributed by atoms with E-state index in [4.69, 9.17) is 9.15 Å². The van der Waals surface area contributed by atoms with Crippen molar-refractivity contribution in [3.05, 3.63) is 58.6 Å². The second kappa shape index (κ2) is 7.05. The lowest BCUT2D eigenvalue weighted by molar-refractivity contribution is -0.125. The Morgan fingerprint density at radius 3 is 2.76 bits per heavy atom. The van der Waals surface area contributed by atoms with E-state index >= 15 is 0 Å². The van der Waals surface area contributed by atoms with Gasteiger partial charge in [0.05, 0.1) is 13.7 Å². The number of hydrogen-bond acceptors (Lipinski definition) is 7. The molecule has 1 saturated heterocycles. The number of carboxylic acid groups (broad SMARTS) is 1. The number of carboxylic acids is 1. The van der Waals surface area contributed by atoms with Crippen LogP contribution in [0, 0.1) is 6.92 Å². The van der Waals surface area contributed by atoms with E-state index in [2.05, 4.69) is 15.6 Å². The van der Waals surface area contributed by atoms with E-state index in [9.17, 15) is 24.3 Å². The van der Waals surface area contributed by atoms with Gasteiger partial charge in [0.2, 0.25) is 0 Å². The van der Waals surface area contributed by atoms with E-state index in [0.29, 0.717) is 22.4 Å². The number of carbonyl (C=O) groups excluding carboxylic acids is 3. The Morgan fingerprint density at radius 1 is 1.30 bits per heavy atom. The maximum atomic E-state index is 13.1. The molecule has 2 aromatic heterocycles. The molecular weight excluding hydrogens is 432 g/mol. The van der Waals surface area contributed by atoms with Gasteiger partial charge in [0.1, 0.15) is 17.1 Å². The van der Waals surface area contributed by atoms with Crippen molar-refractivity contribution in [2.24, 2.45) is 0 Å². The van der Waals surface area contributed by atoms with Crippen molar-refractivity contribution >= 4 is 34.8 Å². The first-order valence-corrected chi connectivity index (χ1v) is 9.96. The number of aryl methyl sites for hydroxylation is 1. The minimum atomic E-state index is -1.75. The van der Waals surface area contributed by atoms with Gasteiger partial charge in [-0.1, -0.05) is 6.07 Å². The van der Waals surface area contributed by atoms with E-state index < -0.39 is 23.4 Å². The maximum absolute atomic E-state index is 13.1. The molecule has 11 nitrogen and oxygen atoms in total. The van der Waals surface area contributed by atoms with Crippen LogP contribution in [0.3, 0.4) is 0 Å². The number of imide groups is 1. The van der Waals surface area contributed by atoms with Crippen LogP contribution in [0.2, 0.25) is 0 Å². The SMILES string of the molecule is COc1ccc2c(c1)C(=O)N(CC1(c3cc4c(C)ncc(C(=O)O)c4o3)NC(=O)NC1=O)C2. The van der Waals surface area contributed by atoms with Crippen molar-refractivity contribution in [1.82, 2.24) is 20.5 Å². The molecule has 4 amide bonds. The average molecular weight is 450 g/mol. The summed E-state index contributed by atoms with van der Waals surface area (Å²) in [7, 11) is 1.50. The molecule has 2 aliphatic heterocycles. The van der Waals surface area contributed by atoms with Crippen molar-refractivity contribution < 1.29 is 33.4 Å². The maximum Gasteiger partial charge on any atom is 0.341 e. The number of amides is 4. The Kier molecular flexibility index (Phi) is 4.38. The molecule has 0 aliphatic carbocycles. The van der Waals surface area contributed by atoms with Gasteiger partial charge in [0.15, 0.2) is 11.1 Å².